The first-order valence-corrected chi connectivity index (χ1v) is 12.3. The number of ether oxygens (including phenoxy) is 2. The summed E-state index contributed by atoms with van der Waals surface area (Å²) in [5, 5.41) is 14.8. The number of rotatable bonds is 8. The number of benzene rings is 1. The van der Waals surface area contributed by atoms with E-state index < -0.39 is 24.4 Å². The second kappa shape index (κ2) is 10.4. The molecule has 11 nitrogen and oxygen atoms in total. The average molecular weight is 495 g/mol. The van der Waals surface area contributed by atoms with Crippen molar-refractivity contribution in [2.45, 2.75) is 26.7 Å². The third-order valence-electron chi connectivity index (χ3n) is 5.48. The van der Waals surface area contributed by atoms with Crippen molar-refractivity contribution in [1.82, 2.24) is 5.32 Å². The lowest BCUT2D eigenvalue weighted by Crippen LogP contribution is -2.35. The summed E-state index contributed by atoms with van der Waals surface area (Å²) in [4.78, 5) is 24.0. The van der Waals surface area contributed by atoms with Crippen LogP contribution in [0.5, 0.6) is 0 Å². The topological polar surface area (TPSA) is 152 Å². The van der Waals surface area contributed by atoms with Crippen molar-refractivity contribution in [3.05, 3.63) is 62.2 Å². The molecule has 3 N–H and O–H groups in total. The standard InChI is InChI=1S/C22H30N3O8P/c1-14-20(34(29)32-12-22(2,3)13-33-34)18(15-6-5-7-16(10-15)25(27)28)19(21(26)30-4)17(24-14)11-31-9-8-23/h5-7,10,18,24H,8-9,11-13,23H2,1-4H3. The molecule has 3 rings (SSSR count). The van der Waals surface area contributed by atoms with Crippen molar-refractivity contribution in [2.24, 2.45) is 11.1 Å². The fourth-order valence-electron chi connectivity index (χ4n) is 3.85. The number of hydrogen-bond acceptors (Lipinski definition) is 10. The summed E-state index contributed by atoms with van der Waals surface area (Å²) in [7, 11) is -2.66. The van der Waals surface area contributed by atoms with Gasteiger partial charge in [0.2, 0.25) is 0 Å². The second-order valence-corrected chi connectivity index (χ2v) is 10.8. The van der Waals surface area contributed by atoms with Gasteiger partial charge in [0.25, 0.3) is 5.69 Å². The van der Waals surface area contributed by atoms with Crippen LogP contribution < -0.4 is 11.1 Å². The van der Waals surface area contributed by atoms with Crippen LogP contribution in [-0.2, 0) is 27.9 Å². The maximum atomic E-state index is 14.0. The van der Waals surface area contributed by atoms with Crippen LogP contribution in [0.4, 0.5) is 5.69 Å². The molecule has 0 spiro atoms. The first-order chi connectivity index (χ1) is 16.0. The molecule has 0 saturated carbocycles. The number of carbonyl (C=O) groups is 1. The van der Waals surface area contributed by atoms with E-state index in [0.717, 1.165) is 0 Å². The molecule has 186 valence electrons. The van der Waals surface area contributed by atoms with E-state index in [-0.39, 0.29) is 55.0 Å². The van der Waals surface area contributed by atoms with E-state index in [4.69, 9.17) is 24.3 Å². The van der Waals surface area contributed by atoms with Gasteiger partial charge in [-0.05, 0) is 12.5 Å². The summed E-state index contributed by atoms with van der Waals surface area (Å²) in [5.74, 6) is -1.69. The smallest absolute Gasteiger partial charge is 0.360 e. The third kappa shape index (κ3) is 5.39. The van der Waals surface area contributed by atoms with Gasteiger partial charge in [-0.15, -0.1) is 0 Å². The minimum absolute atomic E-state index is 0.00325. The molecule has 2 heterocycles. The van der Waals surface area contributed by atoms with E-state index in [9.17, 15) is 19.5 Å². The molecule has 0 aliphatic carbocycles. The van der Waals surface area contributed by atoms with Gasteiger partial charge in [0.05, 0.1) is 61.0 Å². The number of nitrogens with two attached hydrogens (primary N) is 1. The van der Waals surface area contributed by atoms with Gasteiger partial charge in [-0.25, -0.2) is 4.79 Å². The number of nitrogens with one attached hydrogen (secondary N) is 1. The highest BCUT2D eigenvalue weighted by Gasteiger charge is 2.48. The van der Waals surface area contributed by atoms with Crippen molar-refractivity contribution in [1.29, 1.82) is 0 Å². The highest BCUT2D eigenvalue weighted by molar-refractivity contribution is 7.58. The molecule has 0 bridgehead atoms. The van der Waals surface area contributed by atoms with E-state index in [1.165, 1.54) is 25.3 Å². The van der Waals surface area contributed by atoms with E-state index in [0.29, 0.717) is 17.0 Å². The number of hydrogen-bond donors (Lipinski definition) is 2. The van der Waals surface area contributed by atoms with Crippen LogP contribution in [0.2, 0.25) is 0 Å². The Kier molecular flexibility index (Phi) is 7.95. The molecule has 0 radical (unpaired) electrons. The molecule has 1 unspecified atom stereocenters. The van der Waals surface area contributed by atoms with Gasteiger partial charge >= 0.3 is 13.6 Å². The molecule has 2 aliphatic rings. The molecule has 12 heteroatoms. The van der Waals surface area contributed by atoms with E-state index in [1.807, 2.05) is 13.8 Å². The van der Waals surface area contributed by atoms with Crippen LogP contribution in [0, 0.1) is 15.5 Å². The molecule has 0 aromatic heterocycles. The minimum Gasteiger partial charge on any atom is -0.466 e. The predicted molar refractivity (Wildman–Crippen MR) is 124 cm³/mol. The summed E-state index contributed by atoms with van der Waals surface area (Å²) in [5.41, 5.74) is 6.28. The molecule has 1 aromatic carbocycles. The zero-order valence-electron chi connectivity index (χ0n) is 19.7. The summed E-state index contributed by atoms with van der Waals surface area (Å²) < 4.78 is 36.2. The molecule has 34 heavy (non-hydrogen) atoms. The number of carbonyl (C=O) groups excluding carboxylic acids is 1. The number of dihydropyridines is 1. The Hall–Kier alpha value is -2.56. The van der Waals surface area contributed by atoms with Crippen LogP contribution in [0.15, 0.2) is 46.5 Å². The Morgan fingerprint density at radius 1 is 1.35 bits per heavy atom. The quantitative estimate of drug-likeness (QED) is 0.181. The second-order valence-electron chi connectivity index (χ2n) is 8.85. The number of nitro groups is 1. The van der Waals surface area contributed by atoms with Gasteiger partial charge in [-0.3, -0.25) is 14.7 Å². The summed E-state index contributed by atoms with van der Waals surface area (Å²) >= 11 is 0. The lowest BCUT2D eigenvalue weighted by molar-refractivity contribution is -0.384. The molecule has 1 aromatic rings. The van der Waals surface area contributed by atoms with E-state index >= 15 is 0 Å². The number of non-ortho nitro benzene ring substituents is 1. The van der Waals surface area contributed by atoms with Crippen molar-refractivity contribution < 1.29 is 32.8 Å². The van der Waals surface area contributed by atoms with Gasteiger partial charge < -0.3 is 29.6 Å². The molecular weight excluding hydrogens is 465 g/mol. The largest absolute Gasteiger partial charge is 0.466 e. The maximum absolute atomic E-state index is 14.0. The van der Waals surface area contributed by atoms with E-state index in [1.54, 1.807) is 13.0 Å². The first-order valence-electron chi connectivity index (χ1n) is 10.7. The predicted octanol–water partition coefficient (Wildman–Crippen LogP) is 3.18. The van der Waals surface area contributed by atoms with Crippen molar-refractivity contribution in [3.8, 4) is 0 Å². The Morgan fingerprint density at radius 2 is 2.03 bits per heavy atom. The van der Waals surface area contributed by atoms with Crippen LogP contribution in [0.1, 0.15) is 32.3 Å². The SMILES string of the molecule is COC(=O)C1=C(COCCN)NC(C)=C(P2(=O)OCC(C)(C)CO2)C1c1cccc([N+](=O)[O-])c1. The van der Waals surface area contributed by atoms with Gasteiger partial charge in [-0.1, -0.05) is 26.0 Å². The van der Waals surface area contributed by atoms with Crippen LogP contribution >= 0.6 is 7.60 Å². The zero-order chi connectivity index (χ0) is 25.1. The number of allylic oxidation sites excluding steroid dienone is 2. The van der Waals surface area contributed by atoms with Crippen LogP contribution in [0.3, 0.4) is 0 Å². The van der Waals surface area contributed by atoms with Gasteiger partial charge in [0.1, 0.15) is 0 Å². The van der Waals surface area contributed by atoms with Crippen LogP contribution in [0.25, 0.3) is 0 Å². The van der Waals surface area contributed by atoms with Gasteiger partial charge in [0.15, 0.2) is 0 Å². The Balaban J connectivity index is 2.21. The number of esters is 1. The number of methoxy groups -OCH3 is 1. The van der Waals surface area contributed by atoms with Gasteiger partial charge in [0, 0.05) is 29.8 Å². The first kappa shape index (κ1) is 26.1. The normalized spacial score (nSPS) is 21.7. The lowest BCUT2D eigenvalue weighted by atomic mass is 9.86. The molecule has 0 amide bonds. The summed E-state index contributed by atoms with van der Waals surface area (Å²) in [6.07, 6.45) is 0. The fraction of sp³-hybridized carbons (Fsp3) is 0.500. The number of nitrogens with zero attached hydrogens (tertiary/aromatic N) is 1. The fourth-order valence-corrected chi connectivity index (χ4v) is 6.30. The van der Waals surface area contributed by atoms with Crippen molar-refractivity contribution in [2.75, 3.05) is 40.1 Å². The summed E-state index contributed by atoms with van der Waals surface area (Å²) in [6.45, 7) is 6.39. The van der Waals surface area contributed by atoms with Crippen LogP contribution in [-0.4, -0.2) is 51.0 Å². The van der Waals surface area contributed by atoms with Crippen molar-refractivity contribution in [3.63, 3.8) is 0 Å². The molecule has 2 aliphatic heterocycles. The number of nitro benzene ring substituents is 1. The Morgan fingerprint density at radius 3 is 2.62 bits per heavy atom. The highest BCUT2D eigenvalue weighted by Crippen LogP contribution is 2.66. The Labute approximate surface area is 198 Å². The average Bonchev–Trinajstić information content (AvgIpc) is 2.80. The monoisotopic (exact) mass is 495 g/mol. The zero-order valence-corrected chi connectivity index (χ0v) is 20.6. The molecule has 1 fully saturated rings. The maximum Gasteiger partial charge on any atom is 0.360 e. The summed E-state index contributed by atoms with van der Waals surface area (Å²) in [6, 6.07) is 5.80. The third-order valence-corrected chi connectivity index (χ3v) is 7.61. The highest BCUT2D eigenvalue weighted by atomic mass is 31.2. The minimum atomic E-state index is -3.89. The van der Waals surface area contributed by atoms with E-state index in [2.05, 4.69) is 5.32 Å². The molecular formula is C22H30N3O8P. The molecule has 1 atom stereocenters. The van der Waals surface area contributed by atoms with Crippen molar-refractivity contribution >= 4 is 19.3 Å². The Bertz CT molecular complexity index is 1070. The lowest BCUT2D eigenvalue weighted by Gasteiger charge is -2.39. The van der Waals surface area contributed by atoms with Gasteiger partial charge in [-0.2, -0.15) is 0 Å². The molecule has 1 saturated heterocycles.